The molecule has 23 heavy (non-hydrogen) atoms. The minimum atomic E-state index is 0.562. The van der Waals surface area contributed by atoms with Crippen molar-refractivity contribution >= 4 is 16.3 Å². The first-order chi connectivity index (χ1) is 11.2. The topological polar surface area (TPSA) is 0 Å². The summed E-state index contributed by atoms with van der Waals surface area (Å²) in [6.45, 7) is 6.92. The average molecular weight is 298 g/mol. The molecule has 0 heterocycles. The van der Waals surface area contributed by atoms with Crippen molar-refractivity contribution in [3.63, 3.8) is 0 Å². The Morgan fingerprint density at radius 1 is 0.783 bits per heavy atom. The van der Waals surface area contributed by atoms with Crippen molar-refractivity contribution in [2.24, 2.45) is 5.92 Å². The fourth-order valence-electron chi connectivity index (χ4n) is 4.13. The third kappa shape index (κ3) is 2.21. The van der Waals surface area contributed by atoms with Gasteiger partial charge in [-0.05, 0) is 57.9 Å². The maximum Gasteiger partial charge on any atom is -0.00575 e. The first-order valence-electron chi connectivity index (χ1n) is 8.47. The monoisotopic (exact) mass is 298 g/mol. The molecule has 0 atom stereocenters. The largest absolute Gasteiger partial charge is 0.0648 e. The van der Waals surface area contributed by atoms with Gasteiger partial charge in [-0.3, -0.25) is 0 Å². The van der Waals surface area contributed by atoms with Gasteiger partial charge in [-0.15, -0.1) is 0 Å². The molecule has 0 spiro atoms. The van der Waals surface area contributed by atoms with Crippen molar-refractivity contribution in [1.82, 2.24) is 0 Å². The van der Waals surface area contributed by atoms with E-state index in [-0.39, 0.29) is 0 Å². The highest BCUT2D eigenvalue weighted by molar-refractivity contribution is 6.00. The van der Waals surface area contributed by atoms with Gasteiger partial charge in [0.2, 0.25) is 0 Å². The van der Waals surface area contributed by atoms with Crippen LogP contribution < -0.4 is 0 Å². The van der Waals surface area contributed by atoms with Crippen molar-refractivity contribution in [2.75, 3.05) is 0 Å². The summed E-state index contributed by atoms with van der Waals surface area (Å²) in [6, 6.07) is 22.1. The van der Waals surface area contributed by atoms with Gasteiger partial charge in [-0.1, -0.05) is 80.1 Å². The van der Waals surface area contributed by atoms with E-state index in [1.165, 1.54) is 38.6 Å². The number of hydrogen-bond acceptors (Lipinski definition) is 0. The molecular formula is C23H22. The maximum absolute atomic E-state index is 2.31. The lowest BCUT2D eigenvalue weighted by Crippen LogP contribution is -1.96. The normalized spacial score (nSPS) is 13.9. The molecule has 0 aromatic heterocycles. The molecule has 0 saturated carbocycles. The Morgan fingerprint density at radius 2 is 1.48 bits per heavy atom. The lowest BCUT2D eigenvalue weighted by atomic mass is 9.87. The molecule has 0 aliphatic heterocycles. The predicted molar refractivity (Wildman–Crippen MR) is 101 cm³/mol. The molecule has 0 bridgehead atoms. The van der Waals surface area contributed by atoms with Crippen LogP contribution in [0.1, 0.15) is 31.9 Å². The molecule has 114 valence electrons. The lowest BCUT2D eigenvalue weighted by molar-refractivity contribution is 0.851. The standard InChI is InChI=1S/C23H22/c1-15(2)22-16(3)14-18-10-7-13-21(23(18)22)20-12-6-9-17-8-4-5-11-19(17)20/h4-13,15H,14H2,1-3H3. The number of fused-ring (bicyclic) bond motifs is 2. The number of rotatable bonds is 2. The van der Waals surface area contributed by atoms with Crippen LogP contribution in [0, 0.1) is 5.92 Å². The Kier molecular flexibility index (Phi) is 3.34. The van der Waals surface area contributed by atoms with Gasteiger partial charge in [0.1, 0.15) is 0 Å². The van der Waals surface area contributed by atoms with Crippen LogP contribution in [-0.2, 0) is 6.42 Å². The summed E-state index contributed by atoms with van der Waals surface area (Å²) in [7, 11) is 0. The first kappa shape index (κ1) is 14.3. The number of allylic oxidation sites excluding steroid dienone is 2. The van der Waals surface area contributed by atoms with E-state index < -0.39 is 0 Å². The molecule has 0 amide bonds. The van der Waals surface area contributed by atoms with Crippen molar-refractivity contribution in [2.45, 2.75) is 27.2 Å². The van der Waals surface area contributed by atoms with Crippen molar-refractivity contribution < 1.29 is 0 Å². The molecule has 0 fully saturated rings. The zero-order valence-corrected chi connectivity index (χ0v) is 14.1. The van der Waals surface area contributed by atoms with Gasteiger partial charge in [0, 0.05) is 0 Å². The van der Waals surface area contributed by atoms with Crippen LogP contribution in [-0.4, -0.2) is 0 Å². The lowest BCUT2D eigenvalue weighted by Gasteiger charge is -2.17. The number of benzene rings is 3. The van der Waals surface area contributed by atoms with E-state index in [1.807, 2.05) is 0 Å². The molecule has 0 heteroatoms. The van der Waals surface area contributed by atoms with Gasteiger partial charge in [-0.2, -0.15) is 0 Å². The van der Waals surface area contributed by atoms with Crippen LogP contribution in [0.2, 0.25) is 0 Å². The van der Waals surface area contributed by atoms with Crippen LogP contribution in [0.25, 0.3) is 27.5 Å². The summed E-state index contributed by atoms with van der Waals surface area (Å²) in [6.07, 6.45) is 1.10. The first-order valence-corrected chi connectivity index (χ1v) is 8.47. The highest BCUT2D eigenvalue weighted by atomic mass is 14.3. The quantitative estimate of drug-likeness (QED) is 0.507. The van der Waals surface area contributed by atoms with Crippen LogP contribution in [0.3, 0.4) is 0 Å². The summed E-state index contributed by atoms with van der Waals surface area (Å²) in [5.41, 5.74) is 8.78. The maximum atomic E-state index is 2.31. The average Bonchev–Trinajstić information content (AvgIpc) is 2.90. The number of hydrogen-bond donors (Lipinski definition) is 0. The van der Waals surface area contributed by atoms with Gasteiger partial charge in [0.05, 0.1) is 0 Å². The highest BCUT2D eigenvalue weighted by Gasteiger charge is 2.24. The van der Waals surface area contributed by atoms with E-state index in [0.29, 0.717) is 5.92 Å². The van der Waals surface area contributed by atoms with Crippen molar-refractivity contribution in [1.29, 1.82) is 0 Å². The molecule has 3 aromatic carbocycles. The second-order valence-electron chi connectivity index (χ2n) is 6.89. The summed E-state index contributed by atoms with van der Waals surface area (Å²) < 4.78 is 0. The van der Waals surface area contributed by atoms with Crippen LogP contribution in [0.4, 0.5) is 0 Å². The van der Waals surface area contributed by atoms with E-state index in [2.05, 4.69) is 81.4 Å². The molecule has 1 aliphatic rings. The minimum Gasteiger partial charge on any atom is -0.0648 e. The van der Waals surface area contributed by atoms with Gasteiger partial charge in [0.15, 0.2) is 0 Å². The molecule has 1 aliphatic carbocycles. The molecule has 0 saturated heterocycles. The molecular weight excluding hydrogens is 276 g/mol. The Hall–Kier alpha value is -2.34. The van der Waals surface area contributed by atoms with E-state index in [9.17, 15) is 0 Å². The SMILES string of the molecule is CC1=C(C(C)C)c2c(cccc2-c2cccc3ccccc23)C1. The second kappa shape index (κ2) is 5.38. The summed E-state index contributed by atoms with van der Waals surface area (Å²) in [5.74, 6) is 0.562. The zero-order valence-electron chi connectivity index (χ0n) is 14.1. The van der Waals surface area contributed by atoms with E-state index in [0.717, 1.165) is 6.42 Å². The molecule has 4 rings (SSSR count). The molecule has 0 N–H and O–H groups in total. The van der Waals surface area contributed by atoms with Crippen LogP contribution in [0.15, 0.2) is 66.2 Å². The van der Waals surface area contributed by atoms with Gasteiger partial charge >= 0.3 is 0 Å². The Labute approximate surface area is 138 Å². The summed E-state index contributed by atoms with van der Waals surface area (Å²) in [4.78, 5) is 0. The third-order valence-electron chi connectivity index (χ3n) is 4.99. The fraction of sp³-hybridized carbons (Fsp3) is 0.217. The zero-order chi connectivity index (χ0) is 16.0. The van der Waals surface area contributed by atoms with Gasteiger partial charge in [0.25, 0.3) is 0 Å². The molecule has 0 nitrogen and oxygen atoms in total. The van der Waals surface area contributed by atoms with Crippen LogP contribution in [0.5, 0.6) is 0 Å². The Morgan fingerprint density at radius 3 is 2.30 bits per heavy atom. The predicted octanol–water partition coefficient (Wildman–Crippen LogP) is 6.49. The Balaban J connectivity index is 2.04. The van der Waals surface area contributed by atoms with Gasteiger partial charge in [-0.25, -0.2) is 0 Å². The van der Waals surface area contributed by atoms with Crippen molar-refractivity contribution in [3.05, 3.63) is 77.4 Å². The van der Waals surface area contributed by atoms with E-state index in [1.54, 1.807) is 5.57 Å². The molecule has 0 radical (unpaired) electrons. The summed E-state index contributed by atoms with van der Waals surface area (Å²) >= 11 is 0. The van der Waals surface area contributed by atoms with Gasteiger partial charge < -0.3 is 0 Å². The van der Waals surface area contributed by atoms with Crippen molar-refractivity contribution in [3.8, 4) is 11.1 Å². The highest BCUT2D eigenvalue weighted by Crippen LogP contribution is 2.44. The smallest absolute Gasteiger partial charge is 0.00575 e. The van der Waals surface area contributed by atoms with E-state index in [4.69, 9.17) is 0 Å². The minimum absolute atomic E-state index is 0.562. The molecule has 0 unspecified atom stereocenters. The summed E-state index contributed by atoms with van der Waals surface area (Å²) in [5, 5.41) is 2.66. The molecule has 3 aromatic rings. The third-order valence-corrected chi connectivity index (χ3v) is 4.99. The second-order valence-corrected chi connectivity index (χ2v) is 6.89. The van der Waals surface area contributed by atoms with E-state index >= 15 is 0 Å². The Bertz CT molecular complexity index is 920. The fourth-order valence-corrected chi connectivity index (χ4v) is 4.13. The van der Waals surface area contributed by atoms with Crippen LogP contribution >= 0.6 is 0 Å².